The summed E-state index contributed by atoms with van der Waals surface area (Å²) in [6.07, 6.45) is 4.25. The van der Waals surface area contributed by atoms with E-state index >= 15 is 0 Å². The van der Waals surface area contributed by atoms with Crippen LogP contribution in [0.25, 0.3) is 0 Å². The molecule has 3 rings (SSSR count). The molecule has 0 atom stereocenters. The number of amides is 1. The second-order valence-electron chi connectivity index (χ2n) is 7.38. The predicted octanol–water partition coefficient (Wildman–Crippen LogP) is 4.18. The second-order valence-corrected chi connectivity index (χ2v) is 9.68. The molecule has 0 spiro atoms. The minimum atomic E-state index is -3.97. The first-order valence-electron chi connectivity index (χ1n) is 10.0. The van der Waals surface area contributed by atoms with E-state index in [2.05, 4.69) is 5.32 Å². The van der Waals surface area contributed by atoms with Gasteiger partial charge in [0, 0.05) is 11.7 Å². The van der Waals surface area contributed by atoms with Crippen LogP contribution in [0.4, 0.5) is 5.69 Å². The molecular weight excluding hydrogens is 438 g/mol. The van der Waals surface area contributed by atoms with E-state index in [0.717, 1.165) is 19.3 Å². The zero-order valence-electron chi connectivity index (χ0n) is 17.2. The molecule has 164 valence electrons. The van der Waals surface area contributed by atoms with E-state index in [1.54, 1.807) is 24.3 Å². The standard InChI is InChI=1S/C22H24ClN3O4S/c1-30-21-11-10-19(13-20(21)23)31(28,29)26(18-8-3-2-4-9-18)15-22(27)25-17-7-5-6-16(12-17)14-24/h5-7,10-13,18H,2-4,8-9,15H2,1H3,(H,25,27). The van der Waals surface area contributed by atoms with Crippen molar-refractivity contribution < 1.29 is 17.9 Å². The summed E-state index contributed by atoms with van der Waals surface area (Å²) in [5.41, 5.74) is 0.847. The number of halogens is 1. The van der Waals surface area contributed by atoms with Gasteiger partial charge in [0.1, 0.15) is 5.75 Å². The topological polar surface area (TPSA) is 99.5 Å². The van der Waals surface area contributed by atoms with Gasteiger partial charge in [0.2, 0.25) is 15.9 Å². The van der Waals surface area contributed by atoms with Crippen molar-refractivity contribution in [2.45, 2.75) is 43.0 Å². The van der Waals surface area contributed by atoms with Crippen LogP contribution in [0, 0.1) is 11.3 Å². The van der Waals surface area contributed by atoms with Crippen LogP contribution in [0.15, 0.2) is 47.4 Å². The van der Waals surface area contributed by atoms with E-state index in [1.807, 2.05) is 6.07 Å². The van der Waals surface area contributed by atoms with Crippen molar-refractivity contribution in [1.29, 1.82) is 5.26 Å². The van der Waals surface area contributed by atoms with E-state index in [0.29, 0.717) is 29.8 Å². The highest BCUT2D eigenvalue weighted by Crippen LogP contribution is 2.32. The third-order valence-corrected chi connectivity index (χ3v) is 7.48. The van der Waals surface area contributed by atoms with E-state index < -0.39 is 15.9 Å². The number of nitrogens with zero attached hydrogens (tertiary/aromatic N) is 2. The monoisotopic (exact) mass is 461 g/mol. The molecule has 7 nitrogen and oxygen atoms in total. The number of nitrogens with one attached hydrogen (secondary N) is 1. The Balaban J connectivity index is 1.87. The summed E-state index contributed by atoms with van der Waals surface area (Å²) in [5.74, 6) is -0.0937. The van der Waals surface area contributed by atoms with Gasteiger partial charge in [-0.15, -0.1) is 0 Å². The number of sulfonamides is 1. The molecule has 0 aliphatic heterocycles. The van der Waals surface area contributed by atoms with Crippen LogP contribution in [0.3, 0.4) is 0 Å². The zero-order valence-corrected chi connectivity index (χ0v) is 18.7. The molecule has 1 saturated carbocycles. The maximum absolute atomic E-state index is 13.5. The van der Waals surface area contributed by atoms with Gasteiger partial charge in [-0.2, -0.15) is 9.57 Å². The lowest BCUT2D eigenvalue weighted by molar-refractivity contribution is -0.116. The number of carbonyl (C=O) groups excluding carboxylic acids is 1. The number of anilines is 1. The van der Waals surface area contributed by atoms with Gasteiger partial charge < -0.3 is 10.1 Å². The molecule has 0 bridgehead atoms. The Bertz CT molecular complexity index is 1090. The van der Waals surface area contributed by atoms with Crippen molar-refractivity contribution in [3.05, 3.63) is 53.1 Å². The highest BCUT2D eigenvalue weighted by atomic mass is 35.5. The van der Waals surface area contributed by atoms with E-state index in [-0.39, 0.29) is 22.5 Å². The van der Waals surface area contributed by atoms with Crippen LogP contribution >= 0.6 is 11.6 Å². The van der Waals surface area contributed by atoms with Crippen LogP contribution in [-0.4, -0.2) is 38.3 Å². The molecule has 9 heteroatoms. The van der Waals surface area contributed by atoms with Gasteiger partial charge >= 0.3 is 0 Å². The molecule has 1 aliphatic rings. The maximum Gasteiger partial charge on any atom is 0.243 e. The van der Waals surface area contributed by atoms with Crippen molar-refractivity contribution in [3.8, 4) is 11.8 Å². The largest absolute Gasteiger partial charge is 0.495 e. The fraction of sp³-hybridized carbons (Fsp3) is 0.364. The summed E-state index contributed by atoms with van der Waals surface area (Å²) in [5, 5.41) is 11.9. The van der Waals surface area contributed by atoms with Gasteiger partial charge in [-0.05, 0) is 49.2 Å². The lowest BCUT2D eigenvalue weighted by Gasteiger charge is -2.33. The molecule has 0 aromatic heterocycles. The molecule has 2 aromatic carbocycles. The summed E-state index contributed by atoms with van der Waals surface area (Å²) < 4.78 is 33.3. The van der Waals surface area contributed by atoms with E-state index in [1.165, 1.54) is 29.6 Å². The molecule has 1 aliphatic carbocycles. The molecule has 0 saturated heterocycles. The van der Waals surface area contributed by atoms with Gasteiger partial charge in [-0.3, -0.25) is 4.79 Å². The molecule has 0 unspecified atom stereocenters. The summed E-state index contributed by atoms with van der Waals surface area (Å²) in [4.78, 5) is 12.8. The Kier molecular flexibility index (Phi) is 7.55. The number of ether oxygens (including phenoxy) is 1. The lowest BCUT2D eigenvalue weighted by Crippen LogP contribution is -2.45. The Morgan fingerprint density at radius 1 is 1.23 bits per heavy atom. The SMILES string of the molecule is COc1ccc(S(=O)(=O)N(CC(=O)Nc2cccc(C#N)c2)C2CCCCC2)cc1Cl. The fourth-order valence-corrected chi connectivity index (χ4v) is 5.72. The van der Waals surface area contributed by atoms with Crippen molar-refractivity contribution in [1.82, 2.24) is 4.31 Å². The first-order chi connectivity index (χ1) is 14.8. The van der Waals surface area contributed by atoms with Crippen LogP contribution < -0.4 is 10.1 Å². The third-order valence-electron chi connectivity index (χ3n) is 5.29. The Morgan fingerprint density at radius 3 is 2.61 bits per heavy atom. The highest BCUT2D eigenvalue weighted by molar-refractivity contribution is 7.89. The smallest absolute Gasteiger partial charge is 0.243 e. The Hall–Kier alpha value is -2.60. The lowest BCUT2D eigenvalue weighted by atomic mass is 9.95. The number of benzene rings is 2. The van der Waals surface area contributed by atoms with Crippen molar-refractivity contribution >= 4 is 33.2 Å². The molecule has 31 heavy (non-hydrogen) atoms. The average molecular weight is 462 g/mol. The van der Waals surface area contributed by atoms with Gasteiger partial charge in [-0.1, -0.05) is 36.9 Å². The average Bonchev–Trinajstić information content (AvgIpc) is 2.78. The quantitative estimate of drug-likeness (QED) is 0.666. The first kappa shape index (κ1) is 23.1. The van der Waals surface area contributed by atoms with Gasteiger partial charge in [0.15, 0.2) is 0 Å². The molecule has 0 radical (unpaired) electrons. The van der Waals surface area contributed by atoms with E-state index in [4.69, 9.17) is 21.6 Å². The minimum Gasteiger partial charge on any atom is -0.495 e. The molecule has 1 fully saturated rings. The molecule has 1 amide bonds. The normalized spacial score (nSPS) is 14.8. The molecule has 0 heterocycles. The predicted molar refractivity (Wildman–Crippen MR) is 119 cm³/mol. The Labute approximate surface area is 187 Å². The molecule has 2 aromatic rings. The maximum atomic E-state index is 13.5. The number of methoxy groups -OCH3 is 1. The number of hydrogen-bond donors (Lipinski definition) is 1. The van der Waals surface area contributed by atoms with Gasteiger partial charge in [0.25, 0.3) is 0 Å². The fourth-order valence-electron chi connectivity index (χ4n) is 3.73. The van der Waals surface area contributed by atoms with Crippen molar-refractivity contribution in [3.63, 3.8) is 0 Å². The molecule has 1 N–H and O–H groups in total. The number of carbonyl (C=O) groups is 1. The summed E-state index contributed by atoms with van der Waals surface area (Å²) in [6.45, 7) is -0.326. The third kappa shape index (κ3) is 5.56. The van der Waals surface area contributed by atoms with Gasteiger partial charge in [0.05, 0.1) is 35.2 Å². The summed E-state index contributed by atoms with van der Waals surface area (Å²) in [6, 6.07) is 12.5. The molecular formula is C22H24ClN3O4S. The Morgan fingerprint density at radius 2 is 1.97 bits per heavy atom. The van der Waals surface area contributed by atoms with Crippen LogP contribution in [0.5, 0.6) is 5.75 Å². The minimum absolute atomic E-state index is 0.0168. The highest BCUT2D eigenvalue weighted by Gasteiger charge is 2.34. The summed E-state index contributed by atoms with van der Waals surface area (Å²) in [7, 11) is -2.51. The summed E-state index contributed by atoms with van der Waals surface area (Å²) >= 11 is 6.15. The second kappa shape index (κ2) is 10.1. The van der Waals surface area contributed by atoms with Crippen molar-refractivity contribution in [2.24, 2.45) is 0 Å². The van der Waals surface area contributed by atoms with Crippen LogP contribution in [-0.2, 0) is 14.8 Å². The first-order valence-corrected chi connectivity index (χ1v) is 11.8. The number of rotatable bonds is 7. The van der Waals surface area contributed by atoms with Crippen molar-refractivity contribution in [2.75, 3.05) is 19.0 Å². The number of hydrogen-bond acceptors (Lipinski definition) is 5. The van der Waals surface area contributed by atoms with Crippen LogP contribution in [0.2, 0.25) is 5.02 Å². The van der Waals surface area contributed by atoms with E-state index in [9.17, 15) is 13.2 Å². The van der Waals surface area contributed by atoms with Crippen LogP contribution in [0.1, 0.15) is 37.7 Å². The number of nitriles is 1. The van der Waals surface area contributed by atoms with Gasteiger partial charge in [-0.25, -0.2) is 8.42 Å². The zero-order chi connectivity index (χ0) is 22.4.